The molecule has 0 aromatic heterocycles. The molecule has 0 saturated heterocycles. The van der Waals surface area contributed by atoms with Gasteiger partial charge in [-0.3, -0.25) is 18.6 Å². The third-order valence-corrected chi connectivity index (χ3v) is 6.47. The Balaban J connectivity index is 4.38. The van der Waals surface area contributed by atoms with Crippen molar-refractivity contribution in [1.82, 2.24) is 0 Å². The average molecular weight is 643 g/mol. The Bertz CT molecular complexity index is 1030. The van der Waals surface area contributed by atoms with Crippen molar-refractivity contribution in [2.45, 2.75) is 70.7 Å². The first kappa shape index (κ1) is 41.4. The number of ether oxygens (including phenoxy) is 2. The van der Waals surface area contributed by atoms with E-state index in [1.54, 1.807) is 36.5 Å². The molecule has 11 nitrogen and oxygen atoms in total. The number of rotatable bonds is 24. The maximum atomic E-state index is 12.3. The molecular weight excluding hydrogens is 589 g/mol. The first-order valence-electron chi connectivity index (χ1n) is 14.8. The molecule has 0 bridgehead atoms. The maximum absolute atomic E-state index is 12.3. The summed E-state index contributed by atoms with van der Waals surface area (Å²) in [6.07, 6.45) is 22.8. The number of phosphoric acid groups is 1. The van der Waals surface area contributed by atoms with Crippen LogP contribution in [-0.2, 0) is 32.7 Å². The minimum Gasteiger partial charge on any atom is -0.462 e. The van der Waals surface area contributed by atoms with Crippen molar-refractivity contribution in [2.24, 2.45) is 0 Å². The lowest BCUT2D eigenvalue weighted by molar-refractivity contribution is -0.870. The largest absolute Gasteiger partial charge is 0.472 e. The van der Waals surface area contributed by atoms with Gasteiger partial charge < -0.3 is 29.1 Å². The van der Waals surface area contributed by atoms with Crippen LogP contribution in [0.1, 0.15) is 52.4 Å². The van der Waals surface area contributed by atoms with E-state index < -0.39 is 44.7 Å². The molecule has 0 aromatic rings. The smallest absolute Gasteiger partial charge is 0.462 e. The van der Waals surface area contributed by atoms with Crippen LogP contribution in [0.15, 0.2) is 72.9 Å². The molecule has 0 saturated carbocycles. The highest BCUT2D eigenvalue weighted by Crippen LogP contribution is 2.43. The number of hydrogen-bond acceptors (Lipinski definition) is 9. The molecule has 0 aliphatic carbocycles. The van der Waals surface area contributed by atoms with E-state index in [4.69, 9.17) is 18.5 Å². The van der Waals surface area contributed by atoms with Gasteiger partial charge in [0.2, 0.25) is 0 Å². The zero-order chi connectivity index (χ0) is 33.3. The molecule has 0 amide bonds. The Morgan fingerprint density at radius 2 is 1.43 bits per heavy atom. The second-order valence-electron chi connectivity index (χ2n) is 10.9. The van der Waals surface area contributed by atoms with Gasteiger partial charge in [-0.1, -0.05) is 79.8 Å². The monoisotopic (exact) mass is 642 g/mol. The maximum Gasteiger partial charge on any atom is 0.472 e. The molecule has 44 heavy (non-hydrogen) atoms. The molecule has 3 N–H and O–H groups in total. The van der Waals surface area contributed by atoms with Crippen LogP contribution in [0.4, 0.5) is 0 Å². The molecule has 0 aromatic carbocycles. The van der Waals surface area contributed by atoms with Gasteiger partial charge in [0, 0.05) is 13.3 Å². The Morgan fingerprint density at radius 1 is 0.841 bits per heavy atom. The third-order valence-electron chi connectivity index (χ3n) is 5.49. The van der Waals surface area contributed by atoms with Crippen molar-refractivity contribution < 1.29 is 52.3 Å². The van der Waals surface area contributed by atoms with Gasteiger partial charge in [-0.25, -0.2) is 4.57 Å². The zero-order valence-electron chi connectivity index (χ0n) is 26.8. The lowest BCUT2D eigenvalue weighted by Crippen LogP contribution is -2.37. The first-order valence-corrected chi connectivity index (χ1v) is 16.3. The Labute approximate surface area is 263 Å². The van der Waals surface area contributed by atoms with Crippen LogP contribution >= 0.6 is 7.82 Å². The van der Waals surface area contributed by atoms with Gasteiger partial charge in [0.25, 0.3) is 0 Å². The van der Waals surface area contributed by atoms with Crippen LogP contribution in [0.5, 0.6) is 0 Å². The minimum absolute atomic E-state index is 0.00850. The van der Waals surface area contributed by atoms with Crippen molar-refractivity contribution in [3.05, 3.63) is 72.9 Å². The Kier molecular flexibility index (Phi) is 23.2. The molecule has 12 heteroatoms. The van der Waals surface area contributed by atoms with Gasteiger partial charge in [0.05, 0.1) is 40.0 Å². The number of aliphatic hydroxyl groups excluding tert-OH is 2. The standard InChI is InChI=1S/C32H52NO10P/c1-6-7-14-19-29(35)21-16-12-13-17-22-30(36)20-15-10-8-9-11-18-23-32(37)43-31(26-40-28(2)34)27-42-44(38,39)41-25-24-33(3,4)5/h7,9-17,21-22,29-31,35-36H,6,8,18-20,23-27H2,1-5H3/p+1/b11-9-,13-12-,14-7-,15-10-,21-16+,22-17+/t29-,30-,31+/m0/s1. The SMILES string of the molecule is CC/C=C\C[C@H](O)/C=C/C=C\C=C\[C@@H](O)C/C=C\C/C=C\CCC(=O)O[C@H](COC(C)=O)COP(=O)(O)OCC[N+](C)(C)C. The molecule has 4 atom stereocenters. The van der Waals surface area contributed by atoms with E-state index in [2.05, 4.69) is 0 Å². The number of carbonyl (C=O) groups excluding carboxylic acids is 2. The lowest BCUT2D eigenvalue weighted by Gasteiger charge is -2.24. The molecule has 0 rings (SSSR count). The molecule has 1 unspecified atom stereocenters. The van der Waals surface area contributed by atoms with Crippen LogP contribution in [-0.4, -0.2) is 97.3 Å². The van der Waals surface area contributed by atoms with E-state index in [1.807, 2.05) is 64.5 Å². The summed E-state index contributed by atoms with van der Waals surface area (Å²) in [6, 6.07) is 0. The van der Waals surface area contributed by atoms with E-state index in [0.29, 0.717) is 36.7 Å². The van der Waals surface area contributed by atoms with Crippen molar-refractivity contribution >= 4 is 19.8 Å². The summed E-state index contributed by atoms with van der Waals surface area (Å²) in [6.45, 7) is 2.90. The number of nitrogens with zero attached hydrogens (tertiary/aromatic N) is 1. The van der Waals surface area contributed by atoms with Crippen molar-refractivity contribution in [1.29, 1.82) is 0 Å². The Morgan fingerprint density at radius 3 is 2.00 bits per heavy atom. The van der Waals surface area contributed by atoms with E-state index in [-0.39, 0.29) is 19.6 Å². The normalized spacial score (nSPS) is 16.5. The quantitative estimate of drug-likeness (QED) is 0.0444. The highest BCUT2D eigenvalue weighted by Gasteiger charge is 2.26. The predicted octanol–water partition coefficient (Wildman–Crippen LogP) is 4.72. The second kappa shape index (κ2) is 24.7. The van der Waals surface area contributed by atoms with Crippen LogP contribution in [0, 0.1) is 0 Å². The van der Waals surface area contributed by atoms with E-state index >= 15 is 0 Å². The van der Waals surface area contributed by atoms with Gasteiger partial charge in [-0.05, 0) is 32.1 Å². The predicted molar refractivity (Wildman–Crippen MR) is 171 cm³/mol. The fourth-order valence-corrected chi connectivity index (χ4v) is 3.86. The summed E-state index contributed by atoms with van der Waals surface area (Å²) in [5, 5.41) is 19.8. The average Bonchev–Trinajstić information content (AvgIpc) is 2.92. The van der Waals surface area contributed by atoms with Crippen molar-refractivity contribution in [2.75, 3.05) is 47.5 Å². The van der Waals surface area contributed by atoms with Crippen LogP contribution in [0.2, 0.25) is 0 Å². The lowest BCUT2D eigenvalue weighted by atomic mass is 10.2. The minimum atomic E-state index is -4.38. The second-order valence-corrected chi connectivity index (χ2v) is 12.3. The highest BCUT2D eigenvalue weighted by molar-refractivity contribution is 7.47. The molecule has 250 valence electrons. The first-order chi connectivity index (χ1) is 20.7. The third kappa shape index (κ3) is 28.2. The number of hydrogen-bond donors (Lipinski definition) is 3. The van der Waals surface area contributed by atoms with E-state index in [9.17, 15) is 29.3 Å². The Hall–Kier alpha value is -2.63. The topological polar surface area (TPSA) is 149 Å². The zero-order valence-corrected chi connectivity index (χ0v) is 27.7. The van der Waals surface area contributed by atoms with Gasteiger partial charge >= 0.3 is 19.8 Å². The molecule has 0 fully saturated rings. The van der Waals surface area contributed by atoms with E-state index in [0.717, 1.165) is 6.42 Å². The van der Waals surface area contributed by atoms with Crippen LogP contribution < -0.4 is 0 Å². The number of aliphatic hydroxyl groups is 2. The molecule has 0 aliphatic rings. The summed E-state index contributed by atoms with van der Waals surface area (Å²) in [7, 11) is 1.33. The summed E-state index contributed by atoms with van der Waals surface area (Å²) in [5.41, 5.74) is 0. The van der Waals surface area contributed by atoms with Crippen molar-refractivity contribution in [3.63, 3.8) is 0 Å². The number of likely N-dealkylation sites (N-methyl/N-ethyl adjacent to an activating group) is 1. The number of quaternary nitrogens is 1. The highest BCUT2D eigenvalue weighted by atomic mass is 31.2. The van der Waals surface area contributed by atoms with Gasteiger partial charge in [0.15, 0.2) is 6.10 Å². The summed E-state index contributed by atoms with van der Waals surface area (Å²) >= 11 is 0. The molecule has 0 radical (unpaired) electrons. The van der Waals surface area contributed by atoms with E-state index in [1.165, 1.54) is 6.92 Å². The van der Waals surface area contributed by atoms with Gasteiger partial charge in [0.1, 0.15) is 19.8 Å². The summed E-state index contributed by atoms with van der Waals surface area (Å²) < 4.78 is 32.7. The molecular formula is C32H53NO10P+. The fraction of sp³-hybridized carbons (Fsp3) is 0.562. The molecule has 0 heterocycles. The fourth-order valence-electron chi connectivity index (χ4n) is 3.11. The number of phosphoric ester groups is 1. The number of allylic oxidation sites excluding steroid dienone is 8. The van der Waals surface area contributed by atoms with Crippen LogP contribution in [0.25, 0.3) is 0 Å². The summed E-state index contributed by atoms with van der Waals surface area (Å²) in [5.74, 6) is -1.17. The van der Waals surface area contributed by atoms with Crippen molar-refractivity contribution in [3.8, 4) is 0 Å². The van der Waals surface area contributed by atoms with Gasteiger partial charge in [-0.2, -0.15) is 0 Å². The molecule has 0 spiro atoms. The van der Waals surface area contributed by atoms with Crippen LogP contribution in [0.3, 0.4) is 0 Å². The number of esters is 2. The molecule has 0 aliphatic heterocycles. The summed E-state index contributed by atoms with van der Waals surface area (Å²) in [4.78, 5) is 33.3. The number of carbonyl (C=O) groups is 2. The van der Waals surface area contributed by atoms with Gasteiger partial charge in [-0.15, -0.1) is 0 Å².